The van der Waals surface area contributed by atoms with Crippen molar-refractivity contribution in [2.24, 2.45) is 0 Å². The fraction of sp³-hybridized carbons (Fsp3) is 0.308. The number of hydrogen-bond acceptors (Lipinski definition) is 3. The third-order valence-corrected chi connectivity index (χ3v) is 13.6. The van der Waals surface area contributed by atoms with Gasteiger partial charge >= 0.3 is 0 Å². The van der Waals surface area contributed by atoms with E-state index in [0.717, 1.165) is 67.5 Å². The van der Waals surface area contributed by atoms with E-state index in [-0.39, 0.29) is 16.2 Å². The summed E-state index contributed by atoms with van der Waals surface area (Å²) in [6.45, 7) is 18.4. The van der Waals surface area contributed by atoms with E-state index in [1.807, 2.05) is 59.4 Å². The van der Waals surface area contributed by atoms with Gasteiger partial charge in [-0.2, -0.15) is 5.10 Å². The van der Waals surface area contributed by atoms with Crippen LogP contribution in [0, 0.1) is 6.85 Å². The molecule has 57 heavy (non-hydrogen) atoms. The van der Waals surface area contributed by atoms with Gasteiger partial charge in [0.25, 0.3) is 0 Å². The van der Waals surface area contributed by atoms with E-state index in [9.17, 15) is 0 Å². The number of aryl methyl sites for hydroxylation is 1. The van der Waals surface area contributed by atoms with Crippen molar-refractivity contribution >= 4 is 27.3 Å². The molecular weight excluding hydrogens is 697 g/mol. The van der Waals surface area contributed by atoms with Crippen LogP contribution < -0.4 is 4.74 Å². The molecule has 0 spiro atoms. The van der Waals surface area contributed by atoms with Gasteiger partial charge < -0.3 is 4.74 Å². The lowest BCUT2D eigenvalue weighted by Gasteiger charge is -2.50. The highest BCUT2D eigenvalue weighted by Crippen LogP contribution is 2.60. The Kier molecular flexibility index (Phi) is 6.92. The molecule has 0 fully saturated rings. The maximum atomic E-state index is 8.76. The van der Waals surface area contributed by atoms with E-state index in [0.29, 0.717) is 28.9 Å². The number of hydrogen-bond donors (Lipinski definition) is 0. The minimum atomic E-state index is -2.33. The molecule has 5 aromatic carbocycles. The Balaban J connectivity index is 1.15. The molecule has 1 aliphatic carbocycles. The van der Waals surface area contributed by atoms with Gasteiger partial charge in [-0.3, -0.25) is 4.40 Å². The number of nitrogens with zero attached hydrogens (tertiary/aromatic N) is 4. The molecule has 0 N–H and O–H groups in total. The first-order valence-electron chi connectivity index (χ1n) is 21.9. The number of fused-ring (bicyclic) bond motifs is 5. The van der Waals surface area contributed by atoms with Crippen LogP contribution in [0.2, 0.25) is 0 Å². The Morgan fingerprint density at radius 3 is 2.25 bits per heavy atom. The van der Waals surface area contributed by atoms with Crippen LogP contribution in [0.3, 0.4) is 0 Å². The van der Waals surface area contributed by atoms with Crippen molar-refractivity contribution in [3.8, 4) is 39.6 Å². The number of imidazole rings is 1. The molecule has 0 saturated carbocycles. The summed E-state index contributed by atoms with van der Waals surface area (Å²) in [5.74, 6) is 2.06. The Morgan fingerprint density at radius 1 is 0.754 bits per heavy atom. The van der Waals surface area contributed by atoms with Crippen molar-refractivity contribution in [3.63, 3.8) is 0 Å². The van der Waals surface area contributed by atoms with E-state index in [1.165, 1.54) is 22.3 Å². The van der Waals surface area contributed by atoms with Crippen LogP contribution in [-0.4, -0.2) is 19.2 Å². The second kappa shape index (κ2) is 12.2. The standard InChI is InChI=1S/C52H52N4O/c1-30(2)37-18-14-19-38(31(3)4)45(37)33-27-53-55(28-33)34-15-13-16-35(25-34)57-36-22-23-39-41(26-36)49-54-46-40-17-11-12-20-42(40)50(6,7)29-52(10)48(46)56(49)47-43(51(52,8)9)24-21-32(5)44(39)47/h11-28,30-31H,29H2,1-10H3/i5D3. The first-order valence-corrected chi connectivity index (χ1v) is 20.4. The van der Waals surface area contributed by atoms with E-state index >= 15 is 0 Å². The highest BCUT2D eigenvalue weighted by atomic mass is 16.5. The number of benzene rings is 5. The summed E-state index contributed by atoms with van der Waals surface area (Å²) in [6, 6.07) is 33.3. The zero-order valence-corrected chi connectivity index (χ0v) is 34.5. The van der Waals surface area contributed by atoms with Gasteiger partial charge in [0.1, 0.15) is 17.1 Å². The summed E-state index contributed by atoms with van der Waals surface area (Å²) in [5, 5.41) is 7.30. The molecule has 2 aliphatic rings. The van der Waals surface area contributed by atoms with Gasteiger partial charge in [0.2, 0.25) is 0 Å². The highest BCUT2D eigenvalue weighted by molar-refractivity contribution is 6.15. The fourth-order valence-corrected chi connectivity index (χ4v) is 10.6. The zero-order valence-electron chi connectivity index (χ0n) is 37.5. The summed E-state index contributed by atoms with van der Waals surface area (Å²) < 4.78 is 37.2. The average Bonchev–Trinajstić information content (AvgIpc) is 3.85. The van der Waals surface area contributed by atoms with Gasteiger partial charge in [0.05, 0.1) is 28.8 Å². The number of aromatic nitrogens is 4. The summed E-state index contributed by atoms with van der Waals surface area (Å²) in [6.07, 6.45) is 4.97. The predicted octanol–water partition coefficient (Wildman–Crippen LogP) is 13.7. The third kappa shape index (κ3) is 5.00. The summed E-state index contributed by atoms with van der Waals surface area (Å²) in [7, 11) is 0. The lowest BCUT2D eigenvalue weighted by Crippen LogP contribution is -2.49. The van der Waals surface area contributed by atoms with E-state index in [1.54, 1.807) is 0 Å². The molecule has 10 rings (SSSR count). The second-order valence-corrected chi connectivity index (χ2v) is 18.5. The molecule has 0 radical (unpaired) electrons. The predicted molar refractivity (Wildman–Crippen MR) is 236 cm³/mol. The number of rotatable bonds is 6. The monoisotopic (exact) mass is 751 g/mol. The quantitative estimate of drug-likeness (QED) is 0.159. The van der Waals surface area contributed by atoms with Gasteiger partial charge in [0.15, 0.2) is 0 Å². The summed E-state index contributed by atoms with van der Waals surface area (Å²) >= 11 is 0. The van der Waals surface area contributed by atoms with E-state index in [2.05, 4.69) is 121 Å². The lowest BCUT2D eigenvalue weighted by molar-refractivity contribution is 0.204. The van der Waals surface area contributed by atoms with Crippen molar-refractivity contribution < 1.29 is 8.85 Å². The molecular formula is C52H52N4O. The average molecular weight is 752 g/mol. The molecule has 3 aromatic heterocycles. The molecule has 5 nitrogen and oxygen atoms in total. The molecule has 1 unspecified atom stereocenters. The van der Waals surface area contributed by atoms with Crippen LogP contribution >= 0.6 is 0 Å². The second-order valence-electron chi connectivity index (χ2n) is 18.5. The minimum Gasteiger partial charge on any atom is -0.457 e. The molecule has 8 aromatic rings. The molecule has 1 atom stereocenters. The molecule has 0 saturated heterocycles. The van der Waals surface area contributed by atoms with Crippen molar-refractivity contribution in [1.82, 2.24) is 19.2 Å². The molecule has 4 heterocycles. The van der Waals surface area contributed by atoms with Crippen LogP contribution in [-0.2, 0) is 16.2 Å². The maximum Gasteiger partial charge on any atom is 0.146 e. The van der Waals surface area contributed by atoms with Crippen LogP contribution in [0.5, 0.6) is 11.5 Å². The Labute approximate surface area is 340 Å². The number of pyridine rings is 1. The highest BCUT2D eigenvalue weighted by Gasteiger charge is 2.55. The van der Waals surface area contributed by atoms with E-state index < -0.39 is 6.85 Å². The SMILES string of the molecule is [2H]C([2H])([2H])c1ccc2c3c1c1ccc(Oc4cccc(-n5cc(-c6c(C(C)C)cccc6C(C)C)cn5)c4)cc1c1nc4c(n13)C(C)(CC(C)(C)c1ccccc1-4)C2(C)C. The largest absolute Gasteiger partial charge is 0.457 e. The smallest absolute Gasteiger partial charge is 0.146 e. The first kappa shape index (κ1) is 32.4. The Morgan fingerprint density at radius 2 is 1.49 bits per heavy atom. The van der Waals surface area contributed by atoms with Crippen molar-refractivity contribution in [3.05, 3.63) is 143 Å². The van der Waals surface area contributed by atoms with Crippen molar-refractivity contribution in [1.29, 1.82) is 0 Å². The summed E-state index contributed by atoms with van der Waals surface area (Å²) in [5.41, 5.74) is 12.8. The van der Waals surface area contributed by atoms with Crippen LogP contribution in [0.4, 0.5) is 0 Å². The van der Waals surface area contributed by atoms with Crippen molar-refractivity contribution in [2.75, 3.05) is 0 Å². The Bertz CT molecular complexity index is 3050. The first-order chi connectivity index (χ1) is 28.4. The molecule has 0 bridgehead atoms. The third-order valence-electron chi connectivity index (χ3n) is 13.6. The van der Waals surface area contributed by atoms with Gasteiger partial charge in [-0.25, -0.2) is 9.67 Å². The Hall–Kier alpha value is -5.68. The molecule has 0 amide bonds. The van der Waals surface area contributed by atoms with Crippen LogP contribution in [0.15, 0.2) is 109 Å². The lowest BCUT2D eigenvalue weighted by atomic mass is 9.55. The van der Waals surface area contributed by atoms with Crippen LogP contribution in [0.25, 0.3) is 55.4 Å². The molecule has 286 valence electrons. The maximum absolute atomic E-state index is 8.76. The summed E-state index contributed by atoms with van der Waals surface area (Å²) in [4.78, 5) is 5.60. The van der Waals surface area contributed by atoms with Gasteiger partial charge in [0, 0.05) is 49.1 Å². The van der Waals surface area contributed by atoms with Crippen molar-refractivity contribution in [2.45, 2.75) is 104 Å². The van der Waals surface area contributed by atoms with E-state index in [4.69, 9.17) is 18.9 Å². The zero-order chi connectivity index (χ0) is 42.3. The van der Waals surface area contributed by atoms with Crippen LogP contribution in [0.1, 0.15) is 118 Å². The molecule has 5 heteroatoms. The normalized spacial score (nSPS) is 18.9. The van der Waals surface area contributed by atoms with Gasteiger partial charge in [-0.05, 0) is 99.6 Å². The fourth-order valence-electron chi connectivity index (χ4n) is 10.6. The van der Waals surface area contributed by atoms with Gasteiger partial charge in [-0.1, -0.05) is 123 Å². The number of ether oxygens (including phenoxy) is 1. The minimum absolute atomic E-state index is 0.141. The van der Waals surface area contributed by atoms with Gasteiger partial charge in [-0.15, -0.1) is 0 Å². The topological polar surface area (TPSA) is 44.3 Å². The molecule has 1 aliphatic heterocycles.